The van der Waals surface area contributed by atoms with Crippen LogP contribution in [0.2, 0.25) is 0 Å². The molecule has 0 radical (unpaired) electrons. The molecule has 0 unspecified atom stereocenters. The molecule has 0 saturated carbocycles. The minimum Gasteiger partial charge on any atom is -0.343 e. The van der Waals surface area contributed by atoms with E-state index in [0.29, 0.717) is 5.56 Å². The van der Waals surface area contributed by atoms with Crippen LogP contribution in [0.25, 0.3) is 0 Å². The molecule has 0 aliphatic carbocycles. The van der Waals surface area contributed by atoms with Crippen LogP contribution >= 0.6 is 0 Å². The van der Waals surface area contributed by atoms with Crippen molar-refractivity contribution in [3.8, 4) is 0 Å². The maximum atomic E-state index is 12.8. The highest BCUT2D eigenvalue weighted by atomic mass is 19.1. The van der Waals surface area contributed by atoms with Gasteiger partial charge >= 0.3 is 0 Å². The molecular weight excluding hydrogens is 331 g/mol. The molecule has 0 spiro atoms. The van der Waals surface area contributed by atoms with Crippen molar-refractivity contribution in [3.63, 3.8) is 0 Å². The maximum absolute atomic E-state index is 12.8. The standard InChI is InChI=1S/C16H13FN4O4/c17-13-5-3-12(4-6-13)16(23)18-10-15(22)20-19-9-11-1-7-14(8-2-11)21(24)25/h1-9H,10H2,(H,18,23)(H,20,22)/b19-9-. The molecule has 0 aromatic heterocycles. The smallest absolute Gasteiger partial charge is 0.269 e. The highest BCUT2D eigenvalue weighted by Gasteiger charge is 2.07. The van der Waals surface area contributed by atoms with Gasteiger partial charge in [0.25, 0.3) is 17.5 Å². The Hall–Kier alpha value is -3.62. The number of benzene rings is 2. The molecule has 8 nitrogen and oxygen atoms in total. The van der Waals surface area contributed by atoms with Gasteiger partial charge < -0.3 is 5.32 Å². The van der Waals surface area contributed by atoms with Crippen LogP contribution in [0.3, 0.4) is 0 Å². The molecule has 2 amide bonds. The molecule has 128 valence electrons. The number of non-ortho nitro benzene ring substituents is 1. The van der Waals surface area contributed by atoms with Crippen molar-refractivity contribution in [2.75, 3.05) is 6.54 Å². The van der Waals surface area contributed by atoms with Crippen molar-refractivity contribution in [1.29, 1.82) is 0 Å². The maximum Gasteiger partial charge on any atom is 0.269 e. The summed E-state index contributed by atoms with van der Waals surface area (Å²) in [5.41, 5.74) is 2.94. The van der Waals surface area contributed by atoms with E-state index < -0.39 is 22.6 Å². The highest BCUT2D eigenvalue weighted by Crippen LogP contribution is 2.10. The van der Waals surface area contributed by atoms with Gasteiger partial charge in [0.05, 0.1) is 17.7 Å². The molecule has 2 aromatic rings. The third kappa shape index (κ3) is 5.50. The summed E-state index contributed by atoms with van der Waals surface area (Å²) in [5.74, 6) is -1.54. The lowest BCUT2D eigenvalue weighted by Gasteiger charge is -2.04. The van der Waals surface area contributed by atoms with E-state index in [-0.39, 0.29) is 17.8 Å². The van der Waals surface area contributed by atoms with Gasteiger partial charge in [0.15, 0.2) is 0 Å². The number of hydrazone groups is 1. The van der Waals surface area contributed by atoms with E-state index in [4.69, 9.17) is 0 Å². The third-order valence-corrected chi connectivity index (χ3v) is 3.02. The Morgan fingerprint density at radius 3 is 2.36 bits per heavy atom. The summed E-state index contributed by atoms with van der Waals surface area (Å²) in [7, 11) is 0. The normalized spacial score (nSPS) is 10.4. The minimum absolute atomic E-state index is 0.0512. The SMILES string of the molecule is O=C(CNC(=O)c1ccc(F)cc1)N/N=C\c1ccc([N+](=O)[O-])cc1. The Morgan fingerprint density at radius 1 is 1.12 bits per heavy atom. The van der Waals surface area contributed by atoms with E-state index in [9.17, 15) is 24.1 Å². The van der Waals surface area contributed by atoms with Gasteiger partial charge in [-0.25, -0.2) is 9.82 Å². The lowest BCUT2D eigenvalue weighted by atomic mass is 10.2. The van der Waals surface area contributed by atoms with Crippen LogP contribution in [0.1, 0.15) is 15.9 Å². The average Bonchev–Trinajstić information content (AvgIpc) is 2.60. The largest absolute Gasteiger partial charge is 0.343 e. The summed E-state index contributed by atoms with van der Waals surface area (Å²) >= 11 is 0. The number of hydrogen-bond donors (Lipinski definition) is 2. The van der Waals surface area contributed by atoms with Crippen molar-refractivity contribution in [2.24, 2.45) is 5.10 Å². The van der Waals surface area contributed by atoms with E-state index in [1.54, 1.807) is 0 Å². The molecule has 2 N–H and O–H groups in total. The second-order valence-corrected chi connectivity index (χ2v) is 4.83. The van der Waals surface area contributed by atoms with Crippen molar-refractivity contribution >= 4 is 23.7 Å². The summed E-state index contributed by atoms with van der Waals surface area (Å²) in [6.45, 7) is -0.312. The van der Waals surface area contributed by atoms with Gasteiger partial charge in [0.2, 0.25) is 0 Å². The molecule has 0 fully saturated rings. The Labute approximate surface area is 141 Å². The van der Waals surface area contributed by atoms with Gasteiger partial charge in [-0.2, -0.15) is 5.10 Å². The van der Waals surface area contributed by atoms with Crippen LogP contribution in [0.5, 0.6) is 0 Å². The summed E-state index contributed by atoms with van der Waals surface area (Å²) in [6.07, 6.45) is 1.31. The fourth-order valence-electron chi connectivity index (χ4n) is 1.76. The van der Waals surface area contributed by atoms with Crippen LogP contribution in [0.4, 0.5) is 10.1 Å². The number of nitrogens with zero attached hydrogens (tertiary/aromatic N) is 2. The highest BCUT2D eigenvalue weighted by molar-refractivity contribution is 5.96. The molecule has 9 heteroatoms. The summed E-state index contributed by atoms with van der Waals surface area (Å²) in [4.78, 5) is 33.3. The van der Waals surface area contributed by atoms with Crippen molar-refractivity contribution < 1.29 is 18.9 Å². The summed E-state index contributed by atoms with van der Waals surface area (Å²) in [5, 5.41) is 16.6. The van der Waals surface area contributed by atoms with Gasteiger partial charge in [0, 0.05) is 17.7 Å². The Kier molecular flexibility index (Phi) is 5.88. The number of nitrogens with one attached hydrogen (secondary N) is 2. The number of amides is 2. The minimum atomic E-state index is -0.561. The van der Waals surface area contributed by atoms with Crippen molar-refractivity contribution in [3.05, 3.63) is 75.6 Å². The second kappa shape index (κ2) is 8.29. The van der Waals surface area contributed by atoms with Gasteiger partial charge in [-0.15, -0.1) is 0 Å². The fraction of sp³-hybridized carbons (Fsp3) is 0.0625. The molecular formula is C16H13FN4O4. The predicted octanol–water partition coefficient (Wildman–Crippen LogP) is 1.61. The van der Waals surface area contributed by atoms with Gasteiger partial charge in [-0.05, 0) is 42.0 Å². The first-order valence-corrected chi connectivity index (χ1v) is 7.06. The number of hydrogen-bond acceptors (Lipinski definition) is 5. The number of carbonyl (C=O) groups excluding carboxylic acids is 2. The first-order chi connectivity index (χ1) is 12.0. The van der Waals surface area contributed by atoms with Crippen LogP contribution < -0.4 is 10.7 Å². The van der Waals surface area contributed by atoms with Crippen LogP contribution in [-0.4, -0.2) is 29.5 Å². The zero-order valence-electron chi connectivity index (χ0n) is 12.8. The number of nitro groups is 1. The van der Waals surface area contributed by atoms with E-state index in [1.807, 2.05) is 0 Å². The number of carbonyl (C=O) groups is 2. The molecule has 0 heterocycles. The second-order valence-electron chi connectivity index (χ2n) is 4.83. The molecule has 2 rings (SSSR count). The van der Waals surface area contributed by atoms with Gasteiger partial charge in [-0.3, -0.25) is 19.7 Å². The van der Waals surface area contributed by atoms with Crippen molar-refractivity contribution in [2.45, 2.75) is 0 Å². The average molecular weight is 344 g/mol. The third-order valence-electron chi connectivity index (χ3n) is 3.02. The predicted molar refractivity (Wildman–Crippen MR) is 87.6 cm³/mol. The molecule has 0 bridgehead atoms. The van der Waals surface area contributed by atoms with E-state index in [2.05, 4.69) is 15.8 Å². The summed E-state index contributed by atoms with van der Waals surface area (Å²) < 4.78 is 12.8. The van der Waals surface area contributed by atoms with Crippen LogP contribution in [0.15, 0.2) is 53.6 Å². The molecule has 0 aliphatic rings. The van der Waals surface area contributed by atoms with E-state index in [0.717, 1.165) is 12.1 Å². The van der Waals surface area contributed by atoms with Gasteiger partial charge in [-0.1, -0.05) is 0 Å². The lowest BCUT2D eigenvalue weighted by molar-refractivity contribution is -0.384. The first-order valence-electron chi connectivity index (χ1n) is 7.06. The van der Waals surface area contributed by atoms with Crippen LogP contribution in [0, 0.1) is 15.9 Å². The molecule has 25 heavy (non-hydrogen) atoms. The molecule has 0 saturated heterocycles. The topological polar surface area (TPSA) is 114 Å². The number of halogens is 1. The van der Waals surface area contributed by atoms with E-state index in [1.165, 1.54) is 42.6 Å². The van der Waals surface area contributed by atoms with Crippen LogP contribution in [-0.2, 0) is 4.79 Å². The fourth-order valence-corrected chi connectivity index (χ4v) is 1.76. The van der Waals surface area contributed by atoms with Crippen molar-refractivity contribution in [1.82, 2.24) is 10.7 Å². The quantitative estimate of drug-likeness (QED) is 0.471. The molecule has 0 atom stereocenters. The number of rotatable bonds is 6. The Bertz CT molecular complexity index is 804. The Balaban J connectivity index is 1.79. The zero-order chi connectivity index (χ0) is 18.2. The first kappa shape index (κ1) is 17.7. The Morgan fingerprint density at radius 2 is 1.76 bits per heavy atom. The molecule has 2 aromatic carbocycles. The lowest BCUT2D eigenvalue weighted by Crippen LogP contribution is -2.34. The molecule has 0 aliphatic heterocycles. The zero-order valence-corrected chi connectivity index (χ0v) is 12.8. The van der Waals surface area contributed by atoms with Gasteiger partial charge in [0.1, 0.15) is 5.82 Å². The number of nitro benzene ring substituents is 1. The monoisotopic (exact) mass is 344 g/mol. The van der Waals surface area contributed by atoms with E-state index >= 15 is 0 Å². The summed E-state index contributed by atoms with van der Waals surface area (Å²) in [6, 6.07) is 10.5.